The average Bonchev–Trinajstić information content (AvgIpc) is 3.31. The second-order valence-electron chi connectivity index (χ2n) is 9.11. The molecule has 4 aromatic rings. The maximum absolute atomic E-state index is 13.6. The fourth-order valence-electron chi connectivity index (χ4n) is 4.48. The third-order valence-corrected chi connectivity index (χ3v) is 6.55. The van der Waals surface area contributed by atoms with Gasteiger partial charge in [-0.2, -0.15) is 0 Å². The SMILES string of the molecule is O=C(Nc1ccc(NC(=O)C2CCN(C(=O)c3ccc(F)cc3)CC2)cc1)Nc1c[nH]c2ccc(F)cc12. The molecule has 0 saturated carbocycles. The van der Waals surface area contributed by atoms with Crippen LogP contribution in [0.1, 0.15) is 23.2 Å². The summed E-state index contributed by atoms with van der Waals surface area (Å²) in [6.07, 6.45) is 2.64. The highest BCUT2D eigenvalue weighted by molar-refractivity contribution is 6.06. The molecule has 1 aliphatic rings. The lowest BCUT2D eigenvalue weighted by Crippen LogP contribution is -2.41. The Morgan fingerprint density at radius 1 is 0.789 bits per heavy atom. The Labute approximate surface area is 217 Å². The summed E-state index contributed by atoms with van der Waals surface area (Å²) in [7, 11) is 0. The summed E-state index contributed by atoms with van der Waals surface area (Å²) in [6.45, 7) is 0.880. The number of fused-ring (bicyclic) bond motifs is 1. The smallest absolute Gasteiger partial charge is 0.323 e. The molecule has 0 bridgehead atoms. The van der Waals surface area contributed by atoms with Crippen LogP contribution in [0.2, 0.25) is 0 Å². The zero-order valence-electron chi connectivity index (χ0n) is 20.3. The van der Waals surface area contributed by atoms with Crippen molar-refractivity contribution in [3.05, 3.63) is 90.1 Å². The van der Waals surface area contributed by atoms with Gasteiger partial charge in [-0.25, -0.2) is 13.6 Å². The van der Waals surface area contributed by atoms with Crippen molar-refractivity contribution in [2.24, 2.45) is 5.92 Å². The molecule has 8 nitrogen and oxygen atoms in total. The minimum absolute atomic E-state index is 0.135. The van der Waals surface area contributed by atoms with Crippen LogP contribution in [0.25, 0.3) is 10.9 Å². The predicted octanol–water partition coefficient (Wildman–Crippen LogP) is 5.58. The van der Waals surface area contributed by atoms with Gasteiger partial charge in [0.2, 0.25) is 5.91 Å². The third-order valence-electron chi connectivity index (χ3n) is 6.55. The number of halogens is 2. The molecule has 0 spiro atoms. The van der Waals surface area contributed by atoms with Gasteiger partial charge in [-0.3, -0.25) is 9.59 Å². The first-order chi connectivity index (χ1) is 18.4. The number of amides is 4. The Morgan fingerprint density at radius 2 is 1.42 bits per heavy atom. The number of likely N-dealkylation sites (tertiary alicyclic amines) is 1. The number of H-pyrrole nitrogens is 1. The van der Waals surface area contributed by atoms with Crippen molar-refractivity contribution >= 4 is 45.8 Å². The summed E-state index contributed by atoms with van der Waals surface area (Å²) in [5.74, 6) is -1.34. The van der Waals surface area contributed by atoms with Gasteiger partial charge in [-0.05, 0) is 79.6 Å². The highest BCUT2D eigenvalue weighted by atomic mass is 19.1. The van der Waals surface area contributed by atoms with Gasteiger partial charge < -0.3 is 25.8 Å². The second-order valence-corrected chi connectivity index (χ2v) is 9.11. The Kier molecular flexibility index (Phi) is 7.03. The fraction of sp³-hybridized carbons (Fsp3) is 0.179. The van der Waals surface area contributed by atoms with Gasteiger partial charge in [0.25, 0.3) is 5.91 Å². The van der Waals surface area contributed by atoms with Crippen molar-refractivity contribution < 1.29 is 23.2 Å². The molecular formula is C28H25F2N5O3. The first kappa shape index (κ1) is 24.9. The van der Waals surface area contributed by atoms with Crippen molar-refractivity contribution in [3.63, 3.8) is 0 Å². The zero-order chi connectivity index (χ0) is 26.6. The molecule has 10 heteroatoms. The number of nitrogens with one attached hydrogen (secondary N) is 4. The van der Waals surface area contributed by atoms with E-state index in [-0.39, 0.29) is 17.7 Å². The largest absolute Gasteiger partial charge is 0.359 e. The van der Waals surface area contributed by atoms with Crippen LogP contribution in [-0.4, -0.2) is 40.8 Å². The van der Waals surface area contributed by atoms with E-state index >= 15 is 0 Å². The molecule has 1 saturated heterocycles. The summed E-state index contributed by atoms with van der Waals surface area (Å²) in [6, 6.07) is 15.9. The van der Waals surface area contributed by atoms with Crippen molar-refractivity contribution in [1.82, 2.24) is 9.88 Å². The Hall–Kier alpha value is -4.73. The molecule has 1 aromatic heterocycles. The van der Waals surface area contributed by atoms with Crippen molar-refractivity contribution in [2.75, 3.05) is 29.0 Å². The van der Waals surface area contributed by atoms with Gasteiger partial charge in [0.15, 0.2) is 0 Å². The van der Waals surface area contributed by atoms with Gasteiger partial charge in [-0.15, -0.1) is 0 Å². The lowest BCUT2D eigenvalue weighted by Gasteiger charge is -2.31. The summed E-state index contributed by atoms with van der Waals surface area (Å²) < 4.78 is 26.7. The molecule has 1 fully saturated rings. The Morgan fingerprint density at radius 3 is 2.11 bits per heavy atom. The topological polar surface area (TPSA) is 106 Å². The highest BCUT2D eigenvalue weighted by Crippen LogP contribution is 2.25. The van der Waals surface area contributed by atoms with E-state index in [9.17, 15) is 23.2 Å². The van der Waals surface area contributed by atoms with Crippen LogP contribution in [0, 0.1) is 17.6 Å². The first-order valence-electron chi connectivity index (χ1n) is 12.2. The molecule has 0 unspecified atom stereocenters. The second kappa shape index (κ2) is 10.7. The number of hydrogen-bond donors (Lipinski definition) is 4. The van der Waals surface area contributed by atoms with E-state index in [0.717, 1.165) is 0 Å². The molecule has 1 aliphatic heterocycles. The molecule has 4 amide bonds. The number of carbonyl (C=O) groups excluding carboxylic acids is 3. The summed E-state index contributed by atoms with van der Waals surface area (Å²) >= 11 is 0. The number of benzene rings is 3. The highest BCUT2D eigenvalue weighted by Gasteiger charge is 2.28. The normalized spacial score (nSPS) is 13.8. The number of urea groups is 1. The Bertz CT molecular complexity index is 1480. The summed E-state index contributed by atoms with van der Waals surface area (Å²) in [4.78, 5) is 42.4. The number of piperidine rings is 1. The predicted molar refractivity (Wildman–Crippen MR) is 141 cm³/mol. The molecule has 4 N–H and O–H groups in total. The Balaban J connectivity index is 1.11. The third kappa shape index (κ3) is 5.64. The number of carbonyl (C=O) groups is 3. The molecule has 0 atom stereocenters. The van der Waals surface area contributed by atoms with E-state index in [1.165, 1.54) is 36.4 Å². The van der Waals surface area contributed by atoms with Gasteiger partial charge in [0.1, 0.15) is 11.6 Å². The lowest BCUT2D eigenvalue weighted by molar-refractivity contribution is -0.121. The van der Waals surface area contributed by atoms with Crippen LogP contribution >= 0.6 is 0 Å². The van der Waals surface area contributed by atoms with Crippen LogP contribution in [0.5, 0.6) is 0 Å². The van der Waals surface area contributed by atoms with Gasteiger partial charge >= 0.3 is 6.03 Å². The standard InChI is InChI=1S/C28H25F2N5O3/c29-19-3-1-18(2-4-19)27(37)35-13-11-17(12-14-35)26(36)32-21-6-8-22(9-7-21)33-28(38)34-25-16-31-24-10-5-20(30)15-23(24)25/h1-10,15-17,31H,11-14H2,(H,32,36)(H2,33,34,38). The first-order valence-corrected chi connectivity index (χ1v) is 12.2. The van der Waals surface area contributed by atoms with Crippen LogP contribution in [0.4, 0.5) is 30.6 Å². The molecule has 38 heavy (non-hydrogen) atoms. The monoisotopic (exact) mass is 517 g/mol. The van der Waals surface area contributed by atoms with E-state index < -0.39 is 17.7 Å². The summed E-state index contributed by atoms with van der Waals surface area (Å²) in [5, 5.41) is 8.84. The quantitative estimate of drug-likeness (QED) is 0.278. The van der Waals surface area contributed by atoms with E-state index in [1.54, 1.807) is 41.4 Å². The molecule has 3 aromatic carbocycles. The number of aromatic amines is 1. The molecule has 0 aliphatic carbocycles. The fourth-order valence-corrected chi connectivity index (χ4v) is 4.48. The molecule has 194 valence electrons. The van der Waals surface area contributed by atoms with Crippen molar-refractivity contribution in [3.8, 4) is 0 Å². The number of rotatable bonds is 5. The van der Waals surface area contributed by atoms with Gasteiger partial charge in [-0.1, -0.05) is 0 Å². The van der Waals surface area contributed by atoms with Crippen molar-refractivity contribution in [2.45, 2.75) is 12.8 Å². The van der Waals surface area contributed by atoms with E-state index in [4.69, 9.17) is 0 Å². The average molecular weight is 518 g/mol. The molecule has 2 heterocycles. The lowest BCUT2D eigenvalue weighted by atomic mass is 9.95. The van der Waals surface area contributed by atoms with Crippen LogP contribution in [-0.2, 0) is 4.79 Å². The number of hydrogen-bond acceptors (Lipinski definition) is 3. The van der Waals surface area contributed by atoms with Crippen molar-refractivity contribution in [1.29, 1.82) is 0 Å². The minimum atomic E-state index is -0.492. The molecule has 5 rings (SSSR count). The van der Waals surface area contributed by atoms with E-state index in [1.807, 2.05) is 0 Å². The molecular weight excluding hydrogens is 492 g/mol. The maximum Gasteiger partial charge on any atom is 0.323 e. The number of aromatic nitrogens is 1. The summed E-state index contributed by atoms with van der Waals surface area (Å²) in [5.41, 5.74) is 2.67. The van der Waals surface area contributed by atoms with Crippen LogP contribution < -0.4 is 16.0 Å². The van der Waals surface area contributed by atoms with Crippen LogP contribution in [0.3, 0.4) is 0 Å². The number of nitrogens with zero attached hydrogens (tertiary/aromatic N) is 1. The van der Waals surface area contributed by atoms with Gasteiger partial charge in [0, 0.05) is 53.0 Å². The zero-order valence-corrected chi connectivity index (χ0v) is 20.3. The van der Waals surface area contributed by atoms with Gasteiger partial charge in [0.05, 0.1) is 5.69 Å². The van der Waals surface area contributed by atoms with E-state index in [0.29, 0.717) is 59.5 Å². The minimum Gasteiger partial charge on any atom is -0.359 e. The molecule has 0 radical (unpaired) electrons. The van der Waals surface area contributed by atoms with Crippen LogP contribution in [0.15, 0.2) is 72.9 Å². The number of anilines is 3. The maximum atomic E-state index is 13.6. The van der Waals surface area contributed by atoms with E-state index in [2.05, 4.69) is 20.9 Å².